The van der Waals surface area contributed by atoms with Gasteiger partial charge in [-0.1, -0.05) is 19.3 Å². The molecule has 2 heterocycles. The average Bonchev–Trinajstić information content (AvgIpc) is 2.88. The number of hydrogen-bond donors (Lipinski definition) is 1. The molecule has 2 aliphatic rings. The summed E-state index contributed by atoms with van der Waals surface area (Å²) in [7, 11) is 0. The van der Waals surface area contributed by atoms with Gasteiger partial charge in [-0.2, -0.15) is 13.2 Å². The summed E-state index contributed by atoms with van der Waals surface area (Å²) in [5, 5.41) is 11.2. The molecule has 0 unspecified atom stereocenters. The molecule has 1 fully saturated rings. The molecule has 0 aromatic carbocycles. The molecule has 0 saturated heterocycles. The lowest BCUT2D eigenvalue weighted by Crippen LogP contribution is -2.33. The van der Waals surface area contributed by atoms with Gasteiger partial charge < -0.3 is 9.88 Å². The molecule has 1 N–H and O–H groups in total. The van der Waals surface area contributed by atoms with E-state index in [0.717, 1.165) is 12.8 Å². The van der Waals surface area contributed by atoms with Crippen molar-refractivity contribution in [1.82, 2.24) is 20.1 Å². The number of hydrogen-bond acceptors (Lipinski definition) is 3. The van der Waals surface area contributed by atoms with Crippen molar-refractivity contribution in [2.24, 2.45) is 0 Å². The van der Waals surface area contributed by atoms with Crippen molar-refractivity contribution >= 4 is 0 Å². The number of nitrogens with zero attached hydrogens (tertiary/aromatic N) is 3. The van der Waals surface area contributed by atoms with E-state index in [-0.39, 0.29) is 12.2 Å². The van der Waals surface area contributed by atoms with Crippen molar-refractivity contribution in [2.75, 3.05) is 0 Å². The minimum atomic E-state index is -4.22. The van der Waals surface area contributed by atoms with E-state index in [1.54, 1.807) is 4.57 Å². The number of aromatic nitrogens is 3. The molecule has 1 saturated carbocycles. The lowest BCUT2D eigenvalue weighted by Gasteiger charge is -2.26. The molecule has 1 atom stereocenters. The first-order valence-electron chi connectivity index (χ1n) is 7.78. The Bertz CT molecular complexity index is 477. The summed E-state index contributed by atoms with van der Waals surface area (Å²) in [6.07, 6.45) is 2.46. The summed E-state index contributed by atoms with van der Waals surface area (Å²) in [5.74, 6) is -0.721. The third-order valence-electron chi connectivity index (χ3n) is 4.59. The van der Waals surface area contributed by atoms with Gasteiger partial charge in [0.1, 0.15) is 17.6 Å². The first-order chi connectivity index (χ1) is 10.1. The van der Waals surface area contributed by atoms with Crippen molar-refractivity contribution < 1.29 is 13.2 Å². The maximum Gasteiger partial charge on any atom is 0.398 e. The van der Waals surface area contributed by atoms with Gasteiger partial charge in [-0.25, -0.2) is 0 Å². The zero-order chi connectivity index (χ0) is 14.9. The van der Waals surface area contributed by atoms with E-state index in [1.807, 2.05) is 0 Å². The standard InChI is InChI=1S/C14H21F3N4/c15-14(16,17)11-7-4-8-21-12(19-20-13(11)21)9-18-10-5-2-1-3-6-10/h10-11,18H,1-9H2/t11-/m0/s1. The molecule has 0 spiro atoms. The summed E-state index contributed by atoms with van der Waals surface area (Å²) in [6, 6.07) is 0.466. The number of halogens is 3. The van der Waals surface area contributed by atoms with Gasteiger partial charge in [-0.15, -0.1) is 10.2 Å². The lowest BCUT2D eigenvalue weighted by molar-refractivity contribution is -0.156. The molecule has 3 rings (SSSR count). The van der Waals surface area contributed by atoms with E-state index in [9.17, 15) is 13.2 Å². The van der Waals surface area contributed by atoms with Gasteiger partial charge in [0, 0.05) is 12.6 Å². The summed E-state index contributed by atoms with van der Waals surface area (Å²) < 4.78 is 40.7. The van der Waals surface area contributed by atoms with Gasteiger partial charge in [0.15, 0.2) is 0 Å². The van der Waals surface area contributed by atoms with Crippen molar-refractivity contribution in [3.05, 3.63) is 11.6 Å². The summed E-state index contributed by atoms with van der Waals surface area (Å²) in [6.45, 7) is 1.11. The Morgan fingerprint density at radius 1 is 1.05 bits per heavy atom. The highest BCUT2D eigenvalue weighted by atomic mass is 19.4. The SMILES string of the molecule is FC(F)(F)[C@H]1CCCn2c(CNC3CCCCC3)nnc21. The summed E-state index contributed by atoms with van der Waals surface area (Å²) in [4.78, 5) is 0. The second kappa shape index (κ2) is 5.94. The molecule has 1 aliphatic carbocycles. The fourth-order valence-electron chi connectivity index (χ4n) is 3.42. The first-order valence-corrected chi connectivity index (χ1v) is 7.78. The second-order valence-electron chi connectivity index (χ2n) is 6.08. The van der Waals surface area contributed by atoms with E-state index in [4.69, 9.17) is 0 Å². The number of fused-ring (bicyclic) bond motifs is 1. The smallest absolute Gasteiger partial charge is 0.313 e. The Kier molecular flexibility index (Phi) is 4.19. The van der Waals surface area contributed by atoms with Crippen LogP contribution in [-0.2, 0) is 13.1 Å². The van der Waals surface area contributed by atoms with Crippen LogP contribution in [0.15, 0.2) is 0 Å². The van der Waals surface area contributed by atoms with Crippen LogP contribution in [0, 0.1) is 0 Å². The molecular weight excluding hydrogens is 281 g/mol. The third-order valence-corrected chi connectivity index (χ3v) is 4.59. The van der Waals surface area contributed by atoms with E-state index in [0.29, 0.717) is 31.4 Å². The van der Waals surface area contributed by atoms with Gasteiger partial charge in [-0.3, -0.25) is 0 Å². The minimum Gasteiger partial charge on any atom is -0.313 e. The predicted octanol–water partition coefficient (Wildman–Crippen LogP) is 3.14. The van der Waals surface area contributed by atoms with E-state index < -0.39 is 12.1 Å². The van der Waals surface area contributed by atoms with Gasteiger partial charge in [0.25, 0.3) is 0 Å². The first kappa shape index (κ1) is 14.8. The van der Waals surface area contributed by atoms with Crippen molar-refractivity contribution in [3.8, 4) is 0 Å². The van der Waals surface area contributed by atoms with Crippen LogP contribution >= 0.6 is 0 Å². The highest BCUT2D eigenvalue weighted by Crippen LogP contribution is 2.40. The molecule has 21 heavy (non-hydrogen) atoms. The lowest BCUT2D eigenvalue weighted by atomic mass is 9.95. The van der Waals surface area contributed by atoms with E-state index in [2.05, 4.69) is 15.5 Å². The Labute approximate surface area is 122 Å². The Morgan fingerprint density at radius 2 is 1.81 bits per heavy atom. The summed E-state index contributed by atoms with van der Waals surface area (Å²) >= 11 is 0. The van der Waals surface area contributed by atoms with Gasteiger partial charge in [0.05, 0.1) is 6.54 Å². The van der Waals surface area contributed by atoms with Crippen LogP contribution in [0.5, 0.6) is 0 Å². The van der Waals surface area contributed by atoms with Crippen LogP contribution in [0.4, 0.5) is 13.2 Å². The Morgan fingerprint density at radius 3 is 2.52 bits per heavy atom. The van der Waals surface area contributed by atoms with Crippen LogP contribution in [0.2, 0.25) is 0 Å². The fourth-order valence-corrected chi connectivity index (χ4v) is 3.42. The monoisotopic (exact) mass is 302 g/mol. The van der Waals surface area contributed by atoms with Crippen molar-refractivity contribution in [1.29, 1.82) is 0 Å². The summed E-state index contributed by atoms with van der Waals surface area (Å²) in [5.41, 5.74) is 0. The average molecular weight is 302 g/mol. The molecular formula is C14H21F3N4. The predicted molar refractivity (Wildman–Crippen MR) is 71.8 cm³/mol. The second-order valence-corrected chi connectivity index (χ2v) is 6.08. The minimum absolute atomic E-state index is 0.0918. The van der Waals surface area contributed by atoms with Gasteiger partial charge in [0.2, 0.25) is 0 Å². The highest BCUT2D eigenvalue weighted by Gasteiger charge is 2.45. The van der Waals surface area contributed by atoms with Crippen LogP contribution in [0.3, 0.4) is 0 Å². The number of rotatable bonds is 3. The maximum atomic E-state index is 13.0. The van der Waals surface area contributed by atoms with E-state index >= 15 is 0 Å². The molecule has 1 aromatic heterocycles. The van der Waals surface area contributed by atoms with Crippen molar-refractivity contribution in [3.63, 3.8) is 0 Å². The van der Waals surface area contributed by atoms with Gasteiger partial charge in [-0.05, 0) is 25.7 Å². The van der Waals surface area contributed by atoms with Crippen LogP contribution < -0.4 is 5.32 Å². The van der Waals surface area contributed by atoms with Crippen LogP contribution in [-0.4, -0.2) is 27.0 Å². The number of nitrogens with one attached hydrogen (secondary N) is 1. The maximum absolute atomic E-state index is 13.0. The Hall–Kier alpha value is -1.11. The molecule has 1 aromatic rings. The zero-order valence-corrected chi connectivity index (χ0v) is 12.0. The molecule has 4 nitrogen and oxygen atoms in total. The Balaban J connectivity index is 1.69. The quantitative estimate of drug-likeness (QED) is 0.933. The molecule has 0 bridgehead atoms. The third kappa shape index (κ3) is 3.22. The van der Waals surface area contributed by atoms with Gasteiger partial charge >= 0.3 is 6.18 Å². The molecule has 7 heteroatoms. The molecule has 1 aliphatic heterocycles. The molecule has 0 radical (unpaired) electrons. The fraction of sp³-hybridized carbons (Fsp3) is 0.857. The largest absolute Gasteiger partial charge is 0.398 e. The van der Waals surface area contributed by atoms with Crippen LogP contribution in [0.1, 0.15) is 62.5 Å². The molecule has 0 amide bonds. The topological polar surface area (TPSA) is 42.7 Å². The zero-order valence-electron chi connectivity index (χ0n) is 12.0. The number of alkyl halides is 3. The normalized spacial score (nSPS) is 24.0. The highest BCUT2D eigenvalue weighted by molar-refractivity contribution is 5.07. The van der Waals surface area contributed by atoms with Crippen LogP contribution in [0.25, 0.3) is 0 Å². The van der Waals surface area contributed by atoms with Crippen molar-refractivity contribution in [2.45, 2.75) is 76.2 Å². The molecule has 118 valence electrons. The van der Waals surface area contributed by atoms with E-state index in [1.165, 1.54) is 19.3 Å².